The minimum Gasteiger partial charge on any atom is -0.467 e. The highest BCUT2D eigenvalue weighted by Crippen LogP contribution is 2.12. The van der Waals surface area contributed by atoms with Gasteiger partial charge in [0, 0.05) is 23.2 Å². The molecule has 0 aromatic heterocycles. The predicted molar refractivity (Wildman–Crippen MR) is 128 cm³/mol. The van der Waals surface area contributed by atoms with Crippen molar-refractivity contribution >= 4 is 23.8 Å². The molecule has 0 bridgehead atoms. The Morgan fingerprint density at radius 3 is 2.03 bits per heavy atom. The lowest BCUT2D eigenvalue weighted by Gasteiger charge is -2.20. The summed E-state index contributed by atoms with van der Waals surface area (Å²) in [5.41, 5.74) is 0.777. The van der Waals surface area contributed by atoms with Gasteiger partial charge < -0.3 is 20.1 Å². The van der Waals surface area contributed by atoms with E-state index in [4.69, 9.17) is 9.47 Å². The Balaban J connectivity index is 1.88. The van der Waals surface area contributed by atoms with E-state index in [1.54, 1.807) is 69.3 Å². The maximum absolute atomic E-state index is 12.7. The van der Waals surface area contributed by atoms with Crippen LogP contribution in [0.2, 0.25) is 0 Å². The summed E-state index contributed by atoms with van der Waals surface area (Å²) in [6.45, 7) is 5.73. The second-order valence-corrected chi connectivity index (χ2v) is 8.75. The first-order chi connectivity index (χ1) is 16.1. The van der Waals surface area contributed by atoms with Crippen LogP contribution in [-0.4, -0.2) is 49.1 Å². The molecule has 2 aromatic carbocycles. The van der Waals surface area contributed by atoms with E-state index in [2.05, 4.69) is 10.6 Å². The molecule has 0 radical (unpaired) electrons. The van der Waals surface area contributed by atoms with Crippen molar-refractivity contribution in [3.63, 3.8) is 0 Å². The molecular weight excluding hydrogens is 436 g/mol. The molecule has 0 saturated heterocycles. The number of alkyl carbamates (subject to hydrolysis) is 1. The molecule has 1 atom stereocenters. The molecule has 2 N–H and O–H groups in total. The summed E-state index contributed by atoms with van der Waals surface area (Å²) in [7, 11) is 1.26. The molecule has 34 heavy (non-hydrogen) atoms. The van der Waals surface area contributed by atoms with Crippen molar-refractivity contribution in [2.45, 2.75) is 51.7 Å². The minimum absolute atomic E-state index is 0.139. The highest BCUT2D eigenvalue weighted by atomic mass is 16.6. The zero-order chi connectivity index (χ0) is 25.1. The molecule has 0 aliphatic rings. The number of nitrogens with one attached hydrogen (secondary N) is 2. The monoisotopic (exact) mass is 468 g/mol. The number of hydrogen-bond acceptors (Lipinski definition) is 6. The Labute approximate surface area is 200 Å². The quantitative estimate of drug-likeness (QED) is 0.311. The van der Waals surface area contributed by atoms with Crippen LogP contribution in [0, 0.1) is 0 Å². The molecule has 8 heteroatoms. The molecule has 0 aliphatic heterocycles. The number of benzene rings is 2. The van der Waals surface area contributed by atoms with Crippen molar-refractivity contribution in [3.8, 4) is 0 Å². The largest absolute Gasteiger partial charge is 0.467 e. The van der Waals surface area contributed by atoms with Gasteiger partial charge in [-0.05, 0) is 52.2 Å². The fourth-order valence-corrected chi connectivity index (χ4v) is 3.14. The first kappa shape index (κ1) is 26.6. The lowest BCUT2D eigenvalue weighted by atomic mass is 10.0. The second-order valence-electron chi connectivity index (χ2n) is 8.75. The third-order valence-electron chi connectivity index (χ3n) is 4.82. The number of ether oxygens (including phenoxy) is 2. The Kier molecular flexibility index (Phi) is 9.79. The molecule has 8 nitrogen and oxygen atoms in total. The lowest BCUT2D eigenvalue weighted by molar-refractivity contribution is -0.143. The van der Waals surface area contributed by atoms with Crippen molar-refractivity contribution in [2.75, 3.05) is 13.7 Å². The molecule has 0 heterocycles. The summed E-state index contributed by atoms with van der Waals surface area (Å²) in [4.78, 5) is 49.0. The molecule has 2 amide bonds. The predicted octanol–water partition coefficient (Wildman–Crippen LogP) is 3.88. The van der Waals surface area contributed by atoms with Crippen LogP contribution in [-0.2, 0) is 14.3 Å². The normalized spacial score (nSPS) is 11.8. The van der Waals surface area contributed by atoms with Gasteiger partial charge in [0.05, 0.1) is 7.11 Å². The number of hydrogen-bond donors (Lipinski definition) is 2. The SMILES string of the molecule is COC(=O)[C@H](CCCCNC(=O)OC(C)(C)C)NC(=O)c1ccc(C(=O)c2ccccc2)cc1. The first-order valence-corrected chi connectivity index (χ1v) is 11.2. The lowest BCUT2D eigenvalue weighted by Crippen LogP contribution is -2.41. The minimum atomic E-state index is -0.829. The average molecular weight is 469 g/mol. The number of carbonyl (C=O) groups excluding carboxylic acids is 4. The van der Waals surface area contributed by atoms with Crippen LogP contribution in [0.25, 0.3) is 0 Å². The summed E-state index contributed by atoms with van der Waals surface area (Å²) in [5.74, 6) is -1.13. The van der Waals surface area contributed by atoms with Crippen molar-refractivity contribution in [1.82, 2.24) is 10.6 Å². The van der Waals surface area contributed by atoms with Crippen LogP contribution in [0.5, 0.6) is 0 Å². The van der Waals surface area contributed by atoms with Crippen LogP contribution >= 0.6 is 0 Å². The Morgan fingerprint density at radius 1 is 0.853 bits per heavy atom. The summed E-state index contributed by atoms with van der Waals surface area (Å²) < 4.78 is 9.98. The molecule has 0 unspecified atom stereocenters. The van der Waals surface area contributed by atoms with E-state index in [1.807, 2.05) is 6.07 Å². The third-order valence-corrected chi connectivity index (χ3v) is 4.82. The number of amides is 2. The van der Waals surface area contributed by atoms with E-state index in [0.29, 0.717) is 42.5 Å². The number of unbranched alkanes of at least 4 members (excludes halogenated alkanes) is 1. The average Bonchev–Trinajstić information content (AvgIpc) is 2.81. The summed E-state index contributed by atoms with van der Waals surface area (Å²) in [6.07, 6.45) is 1.01. The van der Waals surface area contributed by atoms with Gasteiger partial charge >= 0.3 is 12.1 Å². The number of ketones is 1. The van der Waals surface area contributed by atoms with E-state index >= 15 is 0 Å². The smallest absolute Gasteiger partial charge is 0.407 e. The summed E-state index contributed by atoms with van der Waals surface area (Å²) in [6, 6.07) is 14.3. The zero-order valence-corrected chi connectivity index (χ0v) is 20.1. The highest BCUT2D eigenvalue weighted by molar-refractivity contribution is 6.09. The van der Waals surface area contributed by atoms with Gasteiger partial charge in [-0.15, -0.1) is 0 Å². The van der Waals surface area contributed by atoms with Gasteiger partial charge in [0.15, 0.2) is 5.78 Å². The van der Waals surface area contributed by atoms with Gasteiger partial charge in [-0.1, -0.05) is 42.5 Å². The van der Waals surface area contributed by atoms with Crippen LogP contribution < -0.4 is 10.6 Å². The highest BCUT2D eigenvalue weighted by Gasteiger charge is 2.22. The molecule has 0 spiro atoms. The summed E-state index contributed by atoms with van der Waals surface area (Å²) in [5, 5.41) is 5.34. The topological polar surface area (TPSA) is 111 Å². The van der Waals surface area contributed by atoms with Gasteiger partial charge in [-0.2, -0.15) is 0 Å². The number of esters is 1. The van der Waals surface area contributed by atoms with Gasteiger partial charge in [-0.25, -0.2) is 9.59 Å². The maximum atomic E-state index is 12.7. The molecule has 0 fully saturated rings. The van der Waals surface area contributed by atoms with E-state index in [9.17, 15) is 19.2 Å². The fourth-order valence-electron chi connectivity index (χ4n) is 3.14. The Hall–Kier alpha value is -3.68. The molecule has 182 valence electrons. The maximum Gasteiger partial charge on any atom is 0.407 e. The van der Waals surface area contributed by atoms with Crippen LogP contribution in [0.15, 0.2) is 54.6 Å². The third kappa shape index (κ3) is 8.69. The zero-order valence-electron chi connectivity index (χ0n) is 20.1. The molecular formula is C26H32N2O6. The van der Waals surface area contributed by atoms with Gasteiger partial charge in [0.25, 0.3) is 5.91 Å². The van der Waals surface area contributed by atoms with E-state index in [-0.39, 0.29) is 5.78 Å². The van der Waals surface area contributed by atoms with Crippen molar-refractivity contribution in [3.05, 3.63) is 71.3 Å². The van der Waals surface area contributed by atoms with E-state index in [1.165, 1.54) is 7.11 Å². The summed E-state index contributed by atoms with van der Waals surface area (Å²) >= 11 is 0. The standard InChI is InChI=1S/C26H32N2O6/c1-26(2,3)34-25(32)27-17-9-8-12-21(24(31)33-4)28-23(30)20-15-13-19(14-16-20)22(29)18-10-6-5-7-11-18/h5-7,10-11,13-16,21H,8-9,12,17H2,1-4H3,(H,27,32)(H,28,30)/t21-/m0/s1. The van der Waals surface area contributed by atoms with Crippen LogP contribution in [0.1, 0.15) is 66.3 Å². The molecule has 2 aromatic rings. The van der Waals surface area contributed by atoms with E-state index < -0.39 is 29.6 Å². The van der Waals surface area contributed by atoms with Crippen molar-refractivity contribution in [1.29, 1.82) is 0 Å². The number of carbonyl (C=O) groups is 4. The molecule has 0 aliphatic carbocycles. The van der Waals surface area contributed by atoms with Crippen LogP contribution in [0.4, 0.5) is 4.79 Å². The van der Waals surface area contributed by atoms with Crippen molar-refractivity contribution < 1.29 is 28.7 Å². The molecule has 0 saturated carbocycles. The molecule has 2 rings (SSSR count). The Bertz CT molecular complexity index is 981. The second kappa shape index (κ2) is 12.5. The van der Waals surface area contributed by atoms with Gasteiger partial charge in [0.1, 0.15) is 11.6 Å². The van der Waals surface area contributed by atoms with Gasteiger partial charge in [-0.3, -0.25) is 9.59 Å². The van der Waals surface area contributed by atoms with Crippen LogP contribution in [0.3, 0.4) is 0 Å². The number of methoxy groups -OCH3 is 1. The first-order valence-electron chi connectivity index (χ1n) is 11.2. The fraction of sp³-hybridized carbons (Fsp3) is 0.385. The van der Waals surface area contributed by atoms with E-state index in [0.717, 1.165) is 0 Å². The van der Waals surface area contributed by atoms with Gasteiger partial charge in [0.2, 0.25) is 0 Å². The van der Waals surface area contributed by atoms with Crippen molar-refractivity contribution in [2.24, 2.45) is 0 Å². The number of rotatable bonds is 10. The Morgan fingerprint density at radius 2 is 1.44 bits per heavy atom.